The lowest BCUT2D eigenvalue weighted by Gasteiger charge is -2.43. The molecule has 4 aromatic rings. The van der Waals surface area contributed by atoms with E-state index in [9.17, 15) is 49.1 Å². The van der Waals surface area contributed by atoms with Crippen molar-refractivity contribution >= 4 is 12.0 Å². The molecule has 10 nitrogen and oxygen atoms in total. The number of carbonyl (C=O) groups excluding carboxylic acids is 2. The van der Waals surface area contributed by atoms with Crippen LogP contribution >= 0.6 is 0 Å². The molecule has 6 rings (SSSR count). The lowest BCUT2D eigenvalue weighted by Crippen LogP contribution is -2.61. The number of rotatable bonds is 13. The number of halogens is 9. The van der Waals surface area contributed by atoms with Crippen molar-refractivity contribution in [2.45, 2.75) is 146 Å². The molecule has 0 spiro atoms. The Balaban J connectivity index is 0.000000278. The number of benzene rings is 4. The Kier molecular flexibility index (Phi) is 18.4. The van der Waals surface area contributed by atoms with Crippen molar-refractivity contribution < 1.29 is 63.3 Å². The van der Waals surface area contributed by atoms with Gasteiger partial charge in [-0.25, -0.2) is 4.79 Å². The molecule has 0 aromatic heterocycles. The minimum absolute atomic E-state index is 0.0351. The van der Waals surface area contributed by atoms with E-state index in [0.717, 1.165) is 23.3 Å². The van der Waals surface area contributed by atoms with Crippen LogP contribution in [0.1, 0.15) is 131 Å². The second-order valence-electron chi connectivity index (χ2n) is 20.3. The van der Waals surface area contributed by atoms with E-state index in [1.165, 1.54) is 6.92 Å². The van der Waals surface area contributed by atoms with Gasteiger partial charge in [0.05, 0.1) is 53.2 Å². The number of hydrogen-bond acceptors (Lipinski definition) is 8. The first-order valence-corrected chi connectivity index (χ1v) is 23.7. The summed E-state index contributed by atoms with van der Waals surface area (Å²) < 4.78 is 137. The number of amides is 2. The van der Waals surface area contributed by atoms with Gasteiger partial charge in [0.25, 0.3) is 0 Å². The van der Waals surface area contributed by atoms with Crippen LogP contribution in [0.2, 0.25) is 0 Å². The zero-order valence-electron chi connectivity index (χ0n) is 41.7. The molecule has 2 amide bonds. The van der Waals surface area contributed by atoms with Crippen LogP contribution in [-0.2, 0) is 48.6 Å². The minimum atomic E-state index is -4.90. The van der Waals surface area contributed by atoms with E-state index in [2.05, 4.69) is 21.3 Å². The van der Waals surface area contributed by atoms with Crippen molar-refractivity contribution in [2.75, 3.05) is 26.3 Å². The SMILES string of the molecule is C[C@@H](OC[C@@]1(c2ccccc2)CC[C@H](N)CN1)c1cc(C(F)(F)F)cc(C(F)(F)F)c1.Cc1cc([C@@H](C)OC[C@@]2(c3ccccc3)CC[C@H](NC(=O)C(C)(C)NC(=O)OC(C)(C)C)CN2)cc(C(F)(F)F)c1. The number of hydrogen-bond donors (Lipinski definition) is 5. The molecule has 72 heavy (non-hydrogen) atoms. The Morgan fingerprint density at radius 3 is 1.49 bits per heavy atom. The summed E-state index contributed by atoms with van der Waals surface area (Å²) >= 11 is 0. The lowest BCUT2D eigenvalue weighted by atomic mass is 9.81. The van der Waals surface area contributed by atoms with Crippen LogP contribution in [0.3, 0.4) is 0 Å². The van der Waals surface area contributed by atoms with Gasteiger partial charge in [-0.2, -0.15) is 39.5 Å². The van der Waals surface area contributed by atoms with E-state index in [-0.39, 0.29) is 42.8 Å². The molecular formula is C53H66F9N5O5. The second-order valence-corrected chi connectivity index (χ2v) is 20.3. The van der Waals surface area contributed by atoms with Crippen molar-refractivity contribution in [1.29, 1.82) is 0 Å². The molecule has 0 bridgehead atoms. The third-order valence-corrected chi connectivity index (χ3v) is 12.8. The van der Waals surface area contributed by atoms with Crippen LogP contribution in [0.15, 0.2) is 97.1 Å². The summed E-state index contributed by atoms with van der Waals surface area (Å²) in [6.45, 7) is 14.6. The fraction of sp³-hybridized carbons (Fsp3) is 0.509. The normalized spacial score (nSPS) is 21.9. The monoisotopic (exact) mass is 1020 g/mol. The maximum absolute atomic E-state index is 13.4. The van der Waals surface area contributed by atoms with Crippen molar-refractivity contribution in [3.8, 4) is 0 Å². The number of piperidine rings is 2. The average Bonchev–Trinajstić information content (AvgIpc) is 3.30. The van der Waals surface area contributed by atoms with Crippen LogP contribution < -0.4 is 27.0 Å². The molecule has 2 fully saturated rings. The highest BCUT2D eigenvalue weighted by Gasteiger charge is 2.42. The number of alkyl halides is 9. The van der Waals surface area contributed by atoms with E-state index in [0.29, 0.717) is 62.0 Å². The fourth-order valence-electron chi connectivity index (χ4n) is 8.55. The molecule has 0 radical (unpaired) electrons. The van der Waals surface area contributed by atoms with E-state index in [1.54, 1.807) is 54.5 Å². The number of nitrogens with one attached hydrogen (secondary N) is 4. The summed E-state index contributed by atoms with van der Waals surface area (Å²) in [5.41, 5.74) is 2.17. The number of alkyl carbamates (subject to hydrolysis) is 1. The van der Waals surface area contributed by atoms with Gasteiger partial charge >= 0.3 is 24.6 Å². The van der Waals surface area contributed by atoms with Crippen molar-refractivity contribution in [3.63, 3.8) is 0 Å². The second kappa shape index (κ2) is 22.9. The summed E-state index contributed by atoms with van der Waals surface area (Å²) in [5, 5.41) is 12.6. The molecule has 0 aliphatic carbocycles. The van der Waals surface area contributed by atoms with Crippen LogP contribution in [0.25, 0.3) is 0 Å². The number of ether oxygens (including phenoxy) is 3. The average molecular weight is 1020 g/mol. The van der Waals surface area contributed by atoms with E-state index in [4.69, 9.17) is 19.9 Å². The van der Waals surface area contributed by atoms with Crippen molar-refractivity contribution in [1.82, 2.24) is 21.3 Å². The van der Waals surface area contributed by atoms with Gasteiger partial charge in [0, 0.05) is 25.2 Å². The highest BCUT2D eigenvalue weighted by molar-refractivity contribution is 5.89. The smallest absolute Gasteiger partial charge is 0.416 e. The van der Waals surface area contributed by atoms with E-state index in [1.807, 2.05) is 60.7 Å². The molecule has 396 valence electrons. The van der Waals surface area contributed by atoms with Gasteiger partial charge in [-0.05, 0) is 134 Å². The van der Waals surface area contributed by atoms with Gasteiger partial charge in [0.2, 0.25) is 5.91 Å². The number of nitrogens with two attached hydrogens (primary N) is 1. The molecule has 6 N–H and O–H groups in total. The third-order valence-electron chi connectivity index (χ3n) is 12.8. The summed E-state index contributed by atoms with van der Waals surface area (Å²) in [6.07, 6.45) is -13.9. The predicted molar refractivity (Wildman–Crippen MR) is 255 cm³/mol. The highest BCUT2D eigenvalue weighted by atomic mass is 19.4. The van der Waals surface area contributed by atoms with Gasteiger partial charge in [0.1, 0.15) is 11.1 Å². The van der Waals surface area contributed by atoms with Crippen LogP contribution in [-0.4, -0.2) is 61.5 Å². The van der Waals surface area contributed by atoms with Gasteiger partial charge in [0.15, 0.2) is 0 Å². The Hall–Kier alpha value is -5.21. The summed E-state index contributed by atoms with van der Waals surface area (Å²) in [5.74, 6) is -0.341. The van der Waals surface area contributed by atoms with Gasteiger partial charge in [-0.3, -0.25) is 4.79 Å². The molecule has 6 atom stereocenters. The Morgan fingerprint density at radius 1 is 0.653 bits per heavy atom. The van der Waals surface area contributed by atoms with Crippen LogP contribution in [0.5, 0.6) is 0 Å². The molecule has 0 saturated carbocycles. The largest absolute Gasteiger partial charge is 0.444 e. The lowest BCUT2D eigenvalue weighted by molar-refractivity contribution is -0.143. The standard InChI is InChI=1S/C31H42F3N3O4.C22H24F6N2O/c1-20-15-22(17-24(16-20)31(32,33)34)21(2)40-19-30(23-11-9-8-10-12-23)14-13-25(18-35-30)36-26(38)29(6,7)37-27(39)41-28(3,4)5;1-14(15-9-17(21(23,24)25)11-18(10-15)22(26,27)28)31-13-20(8-7-19(29)12-30-20)16-5-3-2-4-6-16/h8-12,15-17,21,25,35H,13-14,18-19H2,1-7H3,(H,36,38)(H,37,39);2-6,9-11,14,19,30H,7-8,12-13,29H2,1H3/t21-,25+,30-;14-,19+,20-/m11/s1. The Labute approximate surface area is 415 Å². The molecule has 2 aliphatic rings. The quantitative estimate of drug-likeness (QED) is 0.0836. The van der Waals surface area contributed by atoms with Gasteiger partial charge in [-0.1, -0.05) is 72.3 Å². The first kappa shape index (κ1) is 57.7. The molecule has 2 aliphatic heterocycles. The van der Waals surface area contributed by atoms with Gasteiger partial charge in [-0.15, -0.1) is 0 Å². The summed E-state index contributed by atoms with van der Waals surface area (Å²) in [7, 11) is 0. The van der Waals surface area contributed by atoms with Crippen LogP contribution in [0.4, 0.5) is 44.3 Å². The first-order valence-electron chi connectivity index (χ1n) is 23.7. The zero-order chi connectivity index (χ0) is 53.5. The Bertz CT molecular complexity index is 2380. The topological polar surface area (TPSA) is 136 Å². The fourth-order valence-corrected chi connectivity index (χ4v) is 8.55. The molecule has 2 saturated heterocycles. The van der Waals surface area contributed by atoms with Gasteiger partial charge < -0.3 is 41.2 Å². The van der Waals surface area contributed by atoms with E-state index < -0.39 is 75.7 Å². The summed E-state index contributed by atoms with van der Waals surface area (Å²) in [4.78, 5) is 25.3. The first-order chi connectivity index (χ1) is 33.3. The van der Waals surface area contributed by atoms with Crippen molar-refractivity contribution in [2.24, 2.45) is 5.73 Å². The number of aryl methyl sites for hydroxylation is 1. The zero-order valence-corrected chi connectivity index (χ0v) is 41.7. The maximum Gasteiger partial charge on any atom is 0.416 e. The third kappa shape index (κ3) is 15.9. The predicted octanol–water partition coefficient (Wildman–Crippen LogP) is 11.6. The number of carbonyl (C=O) groups is 2. The minimum Gasteiger partial charge on any atom is -0.444 e. The van der Waals surface area contributed by atoms with E-state index >= 15 is 0 Å². The molecule has 0 unspecified atom stereocenters. The maximum atomic E-state index is 13.4. The van der Waals surface area contributed by atoms with Crippen molar-refractivity contribution in [3.05, 3.63) is 142 Å². The molecular weight excluding hydrogens is 958 g/mol. The summed E-state index contributed by atoms with van der Waals surface area (Å²) in [6, 6.07) is 24.4. The molecule has 4 aromatic carbocycles. The Morgan fingerprint density at radius 2 is 1.08 bits per heavy atom. The molecule has 2 heterocycles. The van der Waals surface area contributed by atoms with Crippen LogP contribution in [0, 0.1) is 6.92 Å². The highest BCUT2D eigenvalue weighted by Crippen LogP contribution is 2.40. The molecule has 19 heteroatoms.